The highest BCUT2D eigenvalue weighted by molar-refractivity contribution is 6.11. The maximum atomic E-state index is 13.7. The quantitative estimate of drug-likeness (QED) is 0.194. The van der Waals surface area contributed by atoms with Crippen molar-refractivity contribution in [2.75, 3.05) is 28.6 Å². The summed E-state index contributed by atoms with van der Waals surface area (Å²) in [6.45, 7) is 5.50. The molecule has 3 aromatic carbocycles. The summed E-state index contributed by atoms with van der Waals surface area (Å²) in [6.07, 6.45) is -2.82. The minimum atomic E-state index is -4.52. The van der Waals surface area contributed by atoms with Crippen LogP contribution in [0.15, 0.2) is 60.8 Å². The highest BCUT2D eigenvalue weighted by atomic mass is 19.4. The zero-order valence-corrected chi connectivity index (χ0v) is 21.7. The molecule has 1 fully saturated rings. The Labute approximate surface area is 227 Å². The van der Waals surface area contributed by atoms with Gasteiger partial charge in [0.15, 0.2) is 0 Å². The van der Waals surface area contributed by atoms with Crippen molar-refractivity contribution in [3.63, 3.8) is 0 Å². The van der Waals surface area contributed by atoms with Crippen LogP contribution in [-0.2, 0) is 6.18 Å². The van der Waals surface area contributed by atoms with Gasteiger partial charge in [-0.3, -0.25) is 9.89 Å². The van der Waals surface area contributed by atoms with Crippen LogP contribution >= 0.6 is 0 Å². The molecule has 3 heterocycles. The summed E-state index contributed by atoms with van der Waals surface area (Å²) < 4.78 is 40.6. The number of benzene rings is 3. The largest absolute Gasteiger partial charge is 0.418 e. The van der Waals surface area contributed by atoms with Gasteiger partial charge in [0, 0.05) is 36.2 Å². The molecule has 0 spiro atoms. The van der Waals surface area contributed by atoms with Gasteiger partial charge in [-0.25, -0.2) is 4.98 Å². The summed E-state index contributed by atoms with van der Waals surface area (Å²) >= 11 is 0. The molecule has 6 rings (SSSR count). The third-order valence-corrected chi connectivity index (χ3v) is 6.93. The number of hydrogen-bond donors (Lipinski definition) is 5. The number of anilines is 4. The van der Waals surface area contributed by atoms with E-state index in [-0.39, 0.29) is 29.6 Å². The van der Waals surface area contributed by atoms with Crippen LogP contribution in [0.2, 0.25) is 0 Å². The summed E-state index contributed by atoms with van der Waals surface area (Å²) in [6, 6.07) is 14.6. The molecule has 2 unspecified atom stereocenters. The van der Waals surface area contributed by atoms with Crippen molar-refractivity contribution in [3.05, 3.63) is 71.9 Å². The summed E-state index contributed by atoms with van der Waals surface area (Å²) in [5.74, 6) is -0.178. The van der Waals surface area contributed by atoms with Crippen molar-refractivity contribution in [1.82, 2.24) is 25.5 Å². The molecule has 0 saturated carbocycles. The van der Waals surface area contributed by atoms with Crippen molar-refractivity contribution < 1.29 is 18.0 Å². The molecule has 0 aliphatic carbocycles. The second-order valence-electron chi connectivity index (χ2n) is 10.1. The molecule has 5 aromatic rings. The molecule has 12 heteroatoms. The van der Waals surface area contributed by atoms with E-state index in [1.807, 2.05) is 18.2 Å². The first-order valence-corrected chi connectivity index (χ1v) is 12.9. The van der Waals surface area contributed by atoms with Crippen molar-refractivity contribution in [2.24, 2.45) is 0 Å². The number of hydrogen-bond acceptors (Lipinski definition) is 6. The monoisotopic (exact) mass is 548 g/mol. The Bertz CT molecular complexity index is 1700. The molecule has 2 atom stereocenters. The normalized spacial score (nSPS) is 17.9. The van der Waals surface area contributed by atoms with Crippen LogP contribution in [0.25, 0.3) is 21.9 Å². The molecule has 40 heavy (non-hydrogen) atoms. The third kappa shape index (κ3) is 5.05. The lowest BCUT2D eigenvalue weighted by Gasteiger charge is -2.38. The van der Waals surface area contributed by atoms with Gasteiger partial charge in [0.1, 0.15) is 0 Å². The Kier molecular flexibility index (Phi) is 6.34. The summed E-state index contributed by atoms with van der Waals surface area (Å²) in [4.78, 5) is 23.4. The Balaban J connectivity index is 1.38. The Hall–Kier alpha value is -4.58. The number of rotatable bonds is 5. The lowest BCUT2D eigenvalue weighted by atomic mass is 10.1. The van der Waals surface area contributed by atoms with Gasteiger partial charge in [0.25, 0.3) is 5.91 Å². The number of nitrogens with zero attached hydrogens (tertiary/aromatic N) is 3. The number of imidazole rings is 1. The molecular formula is C28H27F3N8O. The zero-order valence-electron chi connectivity index (χ0n) is 21.7. The average molecular weight is 549 g/mol. The maximum absolute atomic E-state index is 13.7. The van der Waals surface area contributed by atoms with Gasteiger partial charge in [-0.1, -0.05) is 12.1 Å². The molecule has 206 valence electrons. The fraction of sp³-hybridized carbons (Fsp3) is 0.250. The van der Waals surface area contributed by atoms with E-state index in [1.54, 1.807) is 18.3 Å². The molecule has 1 aliphatic heterocycles. The van der Waals surface area contributed by atoms with Gasteiger partial charge in [0.2, 0.25) is 5.95 Å². The summed E-state index contributed by atoms with van der Waals surface area (Å²) in [5, 5.41) is 17.1. The van der Waals surface area contributed by atoms with Crippen LogP contribution in [0.4, 0.5) is 36.2 Å². The maximum Gasteiger partial charge on any atom is 0.418 e. The zero-order chi connectivity index (χ0) is 28.0. The number of aromatic amines is 2. The van der Waals surface area contributed by atoms with E-state index < -0.39 is 11.7 Å². The molecule has 1 aliphatic rings. The van der Waals surface area contributed by atoms with Crippen LogP contribution in [0.5, 0.6) is 0 Å². The number of nitrogens with one attached hydrogen (secondary N) is 5. The summed E-state index contributed by atoms with van der Waals surface area (Å²) in [7, 11) is 0. The topological polar surface area (TPSA) is 114 Å². The fourth-order valence-corrected chi connectivity index (χ4v) is 5.25. The van der Waals surface area contributed by atoms with Crippen molar-refractivity contribution in [1.29, 1.82) is 0 Å². The number of fused-ring (bicyclic) bond motifs is 2. The van der Waals surface area contributed by atoms with Gasteiger partial charge < -0.3 is 25.8 Å². The lowest BCUT2D eigenvalue weighted by Crippen LogP contribution is -2.54. The van der Waals surface area contributed by atoms with Gasteiger partial charge in [0.05, 0.1) is 45.2 Å². The minimum Gasteiger partial charge on any atom is -0.368 e. The van der Waals surface area contributed by atoms with Crippen molar-refractivity contribution in [2.45, 2.75) is 32.1 Å². The van der Waals surface area contributed by atoms with Crippen LogP contribution in [-0.4, -0.2) is 51.2 Å². The van der Waals surface area contributed by atoms with E-state index in [9.17, 15) is 18.0 Å². The fourth-order valence-electron chi connectivity index (χ4n) is 5.25. The molecule has 0 radical (unpaired) electrons. The number of piperazine rings is 1. The van der Waals surface area contributed by atoms with E-state index >= 15 is 0 Å². The first-order chi connectivity index (χ1) is 19.1. The highest BCUT2D eigenvalue weighted by Gasteiger charge is 2.33. The number of halogens is 3. The van der Waals surface area contributed by atoms with E-state index in [0.717, 1.165) is 17.0 Å². The molecule has 2 aromatic heterocycles. The highest BCUT2D eigenvalue weighted by Crippen LogP contribution is 2.36. The summed E-state index contributed by atoms with van der Waals surface area (Å²) in [5.41, 5.74) is 2.64. The van der Waals surface area contributed by atoms with E-state index in [1.165, 1.54) is 18.2 Å². The standard InChI is InChI=1S/C28H27F3N8O/c1-15-13-39(14-16(2)33-15)25-11-24-23(36-27(37-24)35-21-6-4-3-5-20(21)28(29,30)31)10-19(25)26(40)34-18-8-7-17-12-32-38-22(17)9-18/h3-12,15-16,33H,13-14H2,1-2H3,(H,32,38)(H,34,40)(H2,35,36,37). The second-order valence-corrected chi connectivity index (χ2v) is 10.1. The van der Waals surface area contributed by atoms with E-state index in [0.29, 0.717) is 41.1 Å². The third-order valence-electron chi connectivity index (χ3n) is 6.93. The Morgan fingerprint density at radius 2 is 1.80 bits per heavy atom. The first-order valence-electron chi connectivity index (χ1n) is 12.9. The van der Waals surface area contributed by atoms with Gasteiger partial charge >= 0.3 is 6.18 Å². The van der Waals surface area contributed by atoms with E-state index in [4.69, 9.17) is 0 Å². The smallest absolute Gasteiger partial charge is 0.368 e. The predicted octanol–water partition coefficient (Wildman–Crippen LogP) is 5.64. The van der Waals surface area contributed by atoms with Crippen molar-refractivity contribution >= 4 is 50.9 Å². The number of alkyl halides is 3. The Morgan fingerprint density at radius 1 is 1.02 bits per heavy atom. The second kappa shape index (κ2) is 9.87. The number of carbonyl (C=O) groups excluding carboxylic acids is 1. The van der Waals surface area contributed by atoms with Gasteiger partial charge in [-0.2, -0.15) is 18.3 Å². The molecule has 1 amide bonds. The van der Waals surface area contributed by atoms with Crippen LogP contribution in [0.3, 0.4) is 0 Å². The van der Waals surface area contributed by atoms with E-state index in [2.05, 4.69) is 54.9 Å². The van der Waals surface area contributed by atoms with Crippen LogP contribution < -0.4 is 20.9 Å². The molecule has 0 bridgehead atoms. The molecular weight excluding hydrogens is 521 g/mol. The molecule has 5 N–H and O–H groups in total. The molecule has 1 saturated heterocycles. The number of para-hydroxylation sites is 1. The lowest BCUT2D eigenvalue weighted by molar-refractivity contribution is -0.136. The number of H-pyrrole nitrogens is 2. The Morgan fingerprint density at radius 3 is 2.58 bits per heavy atom. The number of carbonyl (C=O) groups is 1. The van der Waals surface area contributed by atoms with Crippen LogP contribution in [0, 0.1) is 0 Å². The number of aromatic nitrogens is 4. The van der Waals surface area contributed by atoms with Gasteiger partial charge in [-0.05, 0) is 56.3 Å². The number of amides is 1. The minimum absolute atomic E-state index is 0.119. The van der Waals surface area contributed by atoms with Gasteiger partial charge in [-0.15, -0.1) is 0 Å². The average Bonchev–Trinajstić information content (AvgIpc) is 3.52. The molecule has 9 nitrogen and oxygen atoms in total. The predicted molar refractivity (Wildman–Crippen MR) is 149 cm³/mol. The van der Waals surface area contributed by atoms with Crippen molar-refractivity contribution in [3.8, 4) is 0 Å². The first kappa shape index (κ1) is 25.7. The van der Waals surface area contributed by atoms with Crippen LogP contribution in [0.1, 0.15) is 29.8 Å². The SMILES string of the molecule is CC1CN(c2cc3nc(Nc4ccccc4C(F)(F)F)[nH]c3cc2C(=O)Nc2ccc3cn[nH]c3c2)CC(C)N1.